The summed E-state index contributed by atoms with van der Waals surface area (Å²) in [5, 5.41) is 1.08. The van der Waals surface area contributed by atoms with E-state index in [0.29, 0.717) is 12.7 Å². The fraction of sp³-hybridized carbons (Fsp3) is 1.00. The minimum absolute atomic E-state index is 0.415. The van der Waals surface area contributed by atoms with Crippen LogP contribution < -0.4 is 0 Å². The summed E-state index contributed by atoms with van der Waals surface area (Å²) in [4.78, 5) is 0. The van der Waals surface area contributed by atoms with Gasteiger partial charge in [0.05, 0.1) is 6.61 Å². The Balaban J connectivity index is 3.02. The second-order valence-corrected chi connectivity index (χ2v) is 3.51. The van der Waals surface area contributed by atoms with Crippen molar-refractivity contribution in [1.82, 2.24) is 0 Å². The number of methoxy groups -OCH3 is 1. The van der Waals surface area contributed by atoms with Gasteiger partial charge in [0.2, 0.25) is 0 Å². The normalized spacial score (nSPS) is 13.4. The van der Waals surface area contributed by atoms with Gasteiger partial charge in [0.25, 0.3) is 0 Å². The van der Waals surface area contributed by atoms with Crippen LogP contribution >= 0.6 is 15.9 Å². The second kappa shape index (κ2) is 8.50. The molecule has 0 fully saturated rings. The number of alkyl halides is 1. The lowest BCUT2D eigenvalue weighted by molar-refractivity contribution is -0.0422. The Bertz CT molecular complexity index is 78.5. The molecule has 0 aromatic rings. The Morgan fingerprint density at radius 2 is 2.18 bits per heavy atom. The van der Waals surface area contributed by atoms with Crippen LogP contribution in [0.15, 0.2) is 0 Å². The number of halogens is 1. The molecule has 0 aliphatic heterocycles. The van der Waals surface area contributed by atoms with Crippen LogP contribution in [0.5, 0.6) is 0 Å². The third-order valence-electron chi connectivity index (χ3n) is 1.43. The maximum Gasteiger partial charge on any atom is 0.146 e. The molecule has 0 amide bonds. The van der Waals surface area contributed by atoms with Gasteiger partial charge in [0, 0.05) is 12.4 Å². The molecule has 0 aliphatic carbocycles. The highest BCUT2D eigenvalue weighted by molar-refractivity contribution is 9.09. The number of hydrogen-bond acceptors (Lipinski definition) is 2. The Morgan fingerprint density at radius 1 is 1.45 bits per heavy atom. The van der Waals surface area contributed by atoms with Gasteiger partial charge < -0.3 is 9.47 Å². The predicted octanol–water partition coefficient (Wildman–Crippen LogP) is 2.42. The maximum absolute atomic E-state index is 5.20. The molecule has 0 radical (unpaired) electrons. The summed E-state index contributed by atoms with van der Waals surface area (Å²) in [6, 6.07) is 0. The average Bonchev–Trinajstić information content (AvgIpc) is 2.01. The average molecular weight is 225 g/mol. The van der Waals surface area contributed by atoms with Gasteiger partial charge in [-0.25, -0.2) is 0 Å². The molecular formula is C8H17BrO2. The smallest absolute Gasteiger partial charge is 0.146 e. The highest BCUT2D eigenvalue weighted by Crippen LogP contribution is 2.06. The SMILES string of the molecule is COCOC[C@@H](C)CCCBr. The lowest BCUT2D eigenvalue weighted by Gasteiger charge is -2.09. The molecule has 1 atom stereocenters. The first-order chi connectivity index (χ1) is 5.31. The molecule has 11 heavy (non-hydrogen) atoms. The number of rotatable bonds is 7. The second-order valence-electron chi connectivity index (χ2n) is 2.71. The summed E-state index contributed by atoms with van der Waals surface area (Å²) < 4.78 is 9.97. The highest BCUT2D eigenvalue weighted by Gasteiger charge is 2.00. The highest BCUT2D eigenvalue weighted by atomic mass is 79.9. The molecule has 0 N–H and O–H groups in total. The van der Waals surface area contributed by atoms with Gasteiger partial charge in [0.1, 0.15) is 6.79 Å². The van der Waals surface area contributed by atoms with Gasteiger partial charge in [-0.1, -0.05) is 22.9 Å². The van der Waals surface area contributed by atoms with E-state index >= 15 is 0 Å². The monoisotopic (exact) mass is 224 g/mol. The Hall–Kier alpha value is 0.400. The largest absolute Gasteiger partial charge is 0.359 e. The summed E-state index contributed by atoms with van der Waals surface area (Å²) in [5.41, 5.74) is 0. The van der Waals surface area contributed by atoms with Crippen LogP contribution in [-0.4, -0.2) is 25.8 Å². The minimum Gasteiger partial charge on any atom is -0.359 e. The fourth-order valence-electron chi connectivity index (χ4n) is 0.842. The van der Waals surface area contributed by atoms with E-state index < -0.39 is 0 Å². The van der Waals surface area contributed by atoms with Crippen LogP contribution in [0.2, 0.25) is 0 Å². The van der Waals surface area contributed by atoms with Crippen molar-refractivity contribution < 1.29 is 9.47 Å². The van der Waals surface area contributed by atoms with Gasteiger partial charge in [-0.3, -0.25) is 0 Å². The van der Waals surface area contributed by atoms with Crippen LogP contribution in [-0.2, 0) is 9.47 Å². The van der Waals surface area contributed by atoms with E-state index in [9.17, 15) is 0 Å². The van der Waals surface area contributed by atoms with Gasteiger partial charge in [-0.15, -0.1) is 0 Å². The number of ether oxygens (including phenoxy) is 2. The zero-order valence-corrected chi connectivity index (χ0v) is 8.89. The van der Waals surface area contributed by atoms with Gasteiger partial charge >= 0.3 is 0 Å². The molecule has 2 nitrogen and oxygen atoms in total. The van der Waals surface area contributed by atoms with Crippen LogP contribution in [0.25, 0.3) is 0 Å². The summed E-state index contributed by atoms with van der Waals surface area (Å²) >= 11 is 3.39. The molecule has 0 spiro atoms. The predicted molar refractivity (Wildman–Crippen MR) is 50.0 cm³/mol. The van der Waals surface area contributed by atoms with Crippen molar-refractivity contribution >= 4 is 15.9 Å². The van der Waals surface area contributed by atoms with Crippen LogP contribution in [0, 0.1) is 5.92 Å². The molecule has 68 valence electrons. The lowest BCUT2D eigenvalue weighted by Crippen LogP contribution is -2.07. The summed E-state index contributed by atoms with van der Waals surface area (Å²) in [5.74, 6) is 0.641. The van der Waals surface area contributed by atoms with E-state index in [1.54, 1.807) is 7.11 Å². The molecule has 0 saturated heterocycles. The molecule has 0 saturated carbocycles. The van der Waals surface area contributed by atoms with Crippen molar-refractivity contribution in [3.05, 3.63) is 0 Å². The summed E-state index contributed by atoms with van der Waals surface area (Å²) in [6.07, 6.45) is 2.44. The van der Waals surface area contributed by atoms with Crippen molar-refractivity contribution in [2.75, 3.05) is 25.8 Å². The Labute approximate surface area is 77.4 Å². The van der Waals surface area contributed by atoms with Crippen molar-refractivity contribution in [3.63, 3.8) is 0 Å². The van der Waals surface area contributed by atoms with Crippen molar-refractivity contribution in [1.29, 1.82) is 0 Å². The van der Waals surface area contributed by atoms with Crippen molar-refractivity contribution in [3.8, 4) is 0 Å². The summed E-state index contributed by atoms with van der Waals surface area (Å²) in [6.45, 7) is 3.41. The molecule has 0 aromatic heterocycles. The zero-order chi connectivity index (χ0) is 8.53. The van der Waals surface area contributed by atoms with Crippen molar-refractivity contribution in [2.24, 2.45) is 5.92 Å². The van der Waals surface area contributed by atoms with Crippen LogP contribution in [0.3, 0.4) is 0 Å². The molecule has 0 rings (SSSR count). The van der Waals surface area contributed by atoms with E-state index in [2.05, 4.69) is 22.9 Å². The molecule has 0 aromatic carbocycles. The van der Waals surface area contributed by atoms with E-state index in [-0.39, 0.29) is 0 Å². The minimum atomic E-state index is 0.415. The van der Waals surface area contributed by atoms with E-state index in [4.69, 9.17) is 9.47 Å². The maximum atomic E-state index is 5.20. The van der Waals surface area contributed by atoms with E-state index in [0.717, 1.165) is 11.9 Å². The van der Waals surface area contributed by atoms with Crippen molar-refractivity contribution in [2.45, 2.75) is 19.8 Å². The molecular weight excluding hydrogens is 208 g/mol. The van der Waals surface area contributed by atoms with Crippen LogP contribution in [0.4, 0.5) is 0 Å². The standard InChI is InChI=1S/C8H17BrO2/c1-8(4-3-5-9)6-11-7-10-2/h8H,3-7H2,1-2H3/t8-/m0/s1. The Morgan fingerprint density at radius 3 is 2.73 bits per heavy atom. The summed E-state index contributed by atoms with van der Waals surface area (Å²) in [7, 11) is 1.64. The van der Waals surface area contributed by atoms with Gasteiger partial charge in [0.15, 0.2) is 0 Å². The molecule has 0 bridgehead atoms. The topological polar surface area (TPSA) is 18.5 Å². The van der Waals surface area contributed by atoms with Gasteiger partial charge in [-0.2, -0.15) is 0 Å². The third kappa shape index (κ3) is 8.30. The van der Waals surface area contributed by atoms with E-state index in [1.807, 2.05) is 0 Å². The van der Waals surface area contributed by atoms with E-state index in [1.165, 1.54) is 12.8 Å². The molecule has 0 aliphatic rings. The number of hydrogen-bond donors (Lipinski definition) is 0. The quantitative estimate of drug-likeness (QED) is 0.376. The molecule has 0 unspecified atom stereocenters. The molecule has 3 heteroatoms. The first kappa shape index (κ1) is 11.4. The first-order valence-electron chi connectivity index (χ1n) is 3.94. The third-order valence-corrected chi connectivity index (χ3v) is 1.99. The molecule has 0 heterocycles. The zero-order valence-electron chi connectivity index (χ0n) is 7.31. The lowest BCUT2D eigenvalue weighted by atomic mass is 10.1. The van der Waals surface area contributed by atoms with Crippen LogP contribution in [0.1, 0.15) is 19.8 Å². The fourth-order valence-corrected chi connectivity index (χ4v) is 1.17. The first-order valence-corrected chi connectivity index (χ1v) is 5.06. The van der Waals surface area contributed by atoms with Gasteiger partial charge in [-0.05, 0) is 18.8 Å². The Kier molecular flexibility index (Phi) is 8.81.